The second-order valence-corrected chi connectivity index (χ2v) is 6.00. The van der Waals surface area contributed by atoms with Crippen molar-refractivity contribution in [1.29, 1.82) is 15.8 Å². The number of benzene rings is 2. The first-order valence-corrected chi connectivity index (χ1v) is 8.15. The zero-order chi connectivity index (χ0) is 17.4. The van der Waals surface area contributed by atoms with Gasteiger partial charge >= 0.3 is 0 Å². The van der Waals surface area contributed by atoms with Gasteiger partial charge in [-0.2, -0.15) is 15.8 Å². The van der Waals surface area contributed by atoms with Crippen LogP contribution in [-0.4, -0.2) is 0 Å². The monoisotopic (exact) mass is 330 g/mol. The minimum absolute atomic E-state index is 0.0385. The zero-order valence-electron chi connectivity index (χ0n) is 13.1. The Morgan fingerprint density at radius 1 is 0.958 bits per heavy atom. The normalized spacial score (nSPS) is 9.25. The number of nitrogens with one attached hydrogen (secondary N) is 1. The van der Waals surface area contributed by atoms with Crippen LogP contribution in [0.1, 0.15) is 11.1 Å². The Kier molecular flexibility index (Phi) is 6.03. The third-order valence-electron chi connectivity index (χ3n) is 3.25. The number of para-hydroxylation sites is 1. The summed E-state index contributed by atoms with van der Waals surface area (Å²) in [6.07, 6.45) is 0. The van der Waals surface area contributed by atoms with Crippen LogP contribution in [0.4, 0.5) is 5.69 Å². The predicted octanol–water partition coefficient (Wildman–Crippen LogP) is 4.52. The highest BCUT2D eigenvalue weighted by Crippen LogP contribution is 2.30. The lowest BCUT2D eigenvalue weighted by Gasteiger charge is -2.11. The summed E-state index contributed by atoms with van der Waals surface area (Å²) in [5.41, 5.74) is 2.86. The first kappa shape index (κ1) is 17.2. The molecule has 0 aliphatic heterocycles. The minimum atomic E-state index is -0.226. The molecule has 0 spiro atoms. The summed E-state index contributed by atoms with van der Waals surface area (Å²) < 4.78 is 0. The maximum absolute atomic E-state index is 9.17. The fourth-order valence-corrected chi connectivity index (χ4v) is 2.92. The van der Waals surface area contributed by atoms with Crippen LogP contribution >= 0.6 is 11.8 Å². The molecule has 0 bridgehead atoms. The van der Waals surface area contributed by atoms with Gasteiger partial charge in [-0.05, 0) is 24.6 Å². The molecule has 5 heteroatoms. The van der Waals surface area contributed by atoms with Crippen LogP contribution in [0.2, 0.25) is 0 Å². The Hall–Kier alpha value is -3.20. The van der Waals surface area contributed by atoms with Crippen molar-refractivity contribution in [2.24, 2.45) is 0 Å². The molecule has 0 saturated heterocycles. The van der Waals surface area contributed by atoms with E-state index in [4.69, 9.17) is 15.8 Å². The van der Waals surface area contributed by atoms with Crippen molar-refractivity contribution in [1.82, 2.24) is 0 Å². The lowest BCUT2D eigenvalue weighted by molar-refractivity contribution is 1.32. The van der Waals surface area contributed by atoms with E-state index in [9.17, 15) is 0 Å². The van der Waals surface area contributed by atoms with Crippen molar-refractivity contribution in [2.75, 3.05) is 5.32 Å². The molecular weight excluding hydrogens is 316 g/mol. The number of thioether (sulfide) groups is 1. The number of hydrogen-bond donors (Lipinski definition) is 1. The summed E-state index contributed by atoms with van der Waals surface area (Å²) >= 11 is 1.63. The number of allylic oxidation sites excluding steroid dienone is 2. The highest BCUT2D eigenvalue weighted by atomic mass is 32.2. The van der Waals surface area contributed by atoms with Gasteiger partial charge in [0.15, 0.2) is 5.57 Å². The summed E-state index contributed by atoms with van der Waals surface area (Å²) in [6.45, 7) is 2.05. The van der Waals surface area contributed by atoms with Gasteiger partial charge in [0.1, 0.15) is 23.9 Å². The van der Waals surface area contributed by atoms with E-state index >= 15 is 0 Å². The fourth-order valence-electron chi connectivity index (χ4n) is 1.96. The summed E-state index contributed by atoms with van der Waals surface area (Å²) in [5, 5.41) is 29.9. The van der Waals surface area contributed by atoms with Gasteiger partial charge in [-0.3, -0.25) is 0 Å². The Morgan fingerprint density at radius 2 is 1.62 bits per heavy atom. The third kappa shape index (κ3) is 4.40. The minimum Gasteiger partial charge on any atom is -0.344 e. The number of aryl methyl sites for hydroxylation is 1. The maximum Gasteiger partial charge on any atom is 0.163 e. The summed E-state index contributed by atoms with van der Waals surface area (Å²) in [4.78, 5) is 0.945. The van der Waals surface area contributed by atoms with Crippen LogP contribution in [0.25, 0.3) is 0 Å². The van der Waals surface area contributed by atoms with Gasteiger partial charge in [-0.25, -0.2) is 0 Å². The Bertz CT molecular complexity index is 861. The van der Waals surface area contributed by atoms with Crippen LogP contribution in [0.3, 0.4) is 0 Å². The van der Waals surface area contributed by atoms with Crippen LogP contribution in [0.5, 0.6) is 0 Å². The molecule has 0 fully saturated rings. The standard InChI is InChI=1S/C19H14N4S/c1-14-6-8-15(9-7-14)13-24-19-5-3-2-4-17(19)23-18(12-22)16(10-20)11-21/h2-9,23H,13H2,1H3. The molecule has 0 heterocycles. The molecule has 2 aromatic carbocycles. The average Bonchev–Trinajstić information content (AvgIpc) is 2.62. The molecule has 0 radical (unpaired) electrons. The summed E-state index contributed by atoms with van der Waals surface area (Å²) in [6, 6.07) is 21.2. The number of anilines is 1. The molecule has 0 atom stereocenters. The van der Waals surface area contributed by atoms with Gasteiger partial charge in [-0.1, -0.05) is 42.0 Å². The van der Waals surface area contributed by atoms with Crippen molar-refractivity contribution in [2.45, 2.75) is 17.6 Å². The molecular formula is C19H14N4S. The predicted molar refractivity (Wildman–Crippen MR) is 94.7 cm³/mol. The molecule has 1 N–H and O–H groups in total. The van der Waals surface area contributed by atoms with Gasteiger partial charge in [0, 0.05) is 10.6 Å². The molecule has 2 aromatic rings. The molecule has 0 unspecified atom stereocenters. The second-order valence-electron chi connectivity index (χ2n) is 4.98. The topological polar surface area (TPSA) is 83.4 Å². The Morgan fingerprint density at radius 3 is 2.25 bits per heavy atom. The second kappa shape index (κ2) is 8.44. The smallest absolute Gasteiger partial charge is 0.163 e. The van der Waals surface area contributed by atoms with Crippen LogP contribution in [0, 0.1) is 40.9 Å². The molecule has 0 amide bonds. The van der Waals surface area contributed by atoms with E-state index in [2.05, 4.69) is 29.6 Å². The molecule has 0 aliphatic rings. The van der Waals surface area contributed by atoms with Crippen LogP contribution < -0.4 is 5.32 Å². The van der Waals surface area contributed by atoms with E-state index in [0.29, 0.717) is 5.69 Å². The van der Waals surface area contributed by atoms with E-state index in [1.54, 1.807) is 23.9 Å². The van der Waals surface area contributed by atoms with Gasteiger partial charge in [0.25, 0.3) is 0 Å². The van der Waals surface area contributed by atoms with Crippen molar-refractivity contribution >= 4 is 17.4 Å². The Balaban J connectivity index is 2.20. The van der Waals surface area contributed by atoms with E-state index < -0.39 is 0 Å². The lowest BCUT2D eigenvalue weighted by Crippen LogP contribution is -2.01. The van der Waals surface area contributed by atoms with Crippen molar-refractivity contribution in [3.63, 3.8) is 0 Å². The highest BCUT2D eigenvalue weighted by Gasteiger charge is 2.09. The summed E-state index contributed by atoms with van der Waals surface area (Å²) in [5.74, 6) is 0.786. The number of nitrogens with zero attached hydrogens (tertiary/aromatic N) is 3. The first-order valence-electron chi connectivity index (χ1n) is 7.17. The lowest BCUT2D eigenvalue weighted by atomic mass is 10.2. The number of nitriles is 3. The molecule has 116 valence electrons. The van der Waals surface area contributed by atoms with Crippen molar-refractivity contribution < 1.29 is 0 Å². The summed E-state index contributed by atoms with van der Waals surface area (Å²) in [7, 11) is 0. The highest BCUT2D eigenvalue weighted by molar-refractivity contribution is 7.98. The van der Waals surface area contributed by atoms with E-state index in [1.807, 2.05) is 37.3 Å². The largest absolute Gasteiger partial charge is 0.344 e. The third-order valence-corrected chi connectivity index (χ3v) is 4.39. The Labute approximate surface area is 145 Å². The van der Waals surface area contributed by atoms with E-state index in [0.717, 1.165) is 10.6 Å². The molecule has 0 aromatic heterocycles. The zero-order valence-corrected chi connectivity index (χ0v) is 13.9. The van der Waals surface area contributed by atoms with Crippen LogP contribution in [-0.2, 0) is 5.75 Å². The average molecular weight is 330 g/mol. The fraction of sp³-hybridized carbons (Fsp3) is 0.105. The van der Waals surface area contributed by atoms with Gasteiger partial charge in [-0.15, -0.1) is 11.8 Å². The SMILES string of the molecule is Cc1ccc(CSc2ccccc2NC(C#N)=C(C#N)C#N)cc1. The maximum atomic E-state index is 9.17. The number of rotatable bonds is 5. The van der Waals surface area contributed by atoms with Gasteiger partial charge in [0.2, 0.25) is 0 Å². The molecule has 0 aliphatic carbocycles. The molecule has 24 heavy (non-hydrogen) atoms. The van der Waals surface area contributed by atoms with Gasteiger partial charge < -0.3 is 5.32 Å². The molecule has 4 nitrogen and oxygen atoms in total. The van der Waals surface area contributed by atoms with Crippen LogP contribution in [0.15, 0.2) is 64.7 Å². The number of hydrogen-bond acceptors (Lipinski definition) is 5. The quantitative estimate of drug-likeness (QED) is 0.643. The molecule has 0 saturated carbocycles. The van der Waals surface area contributed by atoms with Gasteiger partial charge in [0.05, 0.1) is 5.69 Å². The molecule has 2 rings (SSSR count). The van der Waals surface area contributed by atoms with Crippen molar-refractivity contribution in [3.05, 3.63) is 70.9 Å². The van der Waals surface area contributed by atoms with E-state index in [1.165, 1.54) is 11.1 Å². The van der Waals surface area contributed by atoms with E-state index in [-0.39, 0.29) is 11.3 Å². The first-order chi connectivity index (χ1) is 11.7. The van der Waals surface area contributed by atoms with Crippen molar-refractivity contribution in [3.8, 4) is 18.2 Å².